The molecule has 0 saturated heterocycles. The summed E-state index contributed by atoms with van der Waals surface area (Å²) in [5, 5.41) is 9.23. The highest BCUT2D eigenvalue weighted by Crippen LogP contribution is 2.18. The Morgan fingerprint density at radius 3 is 2.73 bits per heavy atom. The van der Waals surface area contributed by atoms with Crippen molar-refractivity contribution in [3.63, 3.8) is 0 Å². The number of rotatable bonds is 1. The smallest absolute Gasteiger partial charge is 0.125 e. The summed E-state index contributed by atoms with van der Waals surface area (Å²) in [7, 11) is 1.65. The molecule has 3 N–H and O–H groups in total. The highest BCUT2D eigenvalue weighted by atomic mass is 16.3. The van der Waals surface area contributed by atoms with Crippen LogP contribution in [0.1, 0.15) is 0 Å². The molecule has 0 atom stereocenters. The molecule has 58 valence electrons. The van der Waals surface area contributed by atoms with E-state index in [2.05, 4.69) is 4.99 Å². The molecule has 0 aromatic heterocycles. The molecule has 0 heterocycles. The second-order valence-electron chi connectivity index (χ2n) is 2.18. The van der Waals surface area contributed by atoms with Gasteiger partial charge in [0.1, 0.15) is 5.76 Å². The molecule has 11 heavy (non-hydrogen) atoms. The molecule has 0 unspecified atom stereocenters. The van der Waals surface area contributed by atoms with Crippen molar-refractivity contribution in [1.29, 1.82) is 0 Å². The number of nitrogens with zero attached hydrogens (tertiary/aromatic N) is 1. The van der Waals surface area contributed by atoms with E-state index in [9.17, 15) is 5.11 Å². The number of allylic oxidation sites excluding steroid dienone is 4. The van der Waals surface area contributed by atoms with Crippen molar-refractivity contribution in [1.82, 2.24) is 0 Å². The van der Waals surface area contributed by atoms with E-state index in [1.54, 1.807) is 25.4 Å². The van der Waals surface area contributed by atoms with Crippen molar-refractivity contribution in [2.75, 3.05) is 7.05 Å². The van der Waals surface area contributed by atoms with Crippen molar-refractivity contribution in [3.8, 4) is 0 Å². The minimum absolute atomic E-state index is 0.215. The molecular formula is C8H10N2O. The molecule has 0 radical (unpaired) electrons. The molecule has 0 amide bonds. The van der Waals surface area contributed by atoms with Crippen LogP contribution in [0.15, 0.2) is 40.2 Å². The van der Waals surface area contributed by atoms with Crippen LogP contribution < -0.4 is 5.73 Å². The van der Waals surface area contributed by atoms with Gasteiger partial charge in [-0.3, -0.25) is 4.99 Å². The lowest BCUT2D eigenvalue weighted by Gasteiger charge is -1.89. The normalized spacial score (nSPS) is 21.0. The fourth-order valence-corrected chi connectivity index (χ4v) is 0.875. The van der Waals surface area contributed by atoms with Gasteiger partial charge in [0.15, 0.2) is 0 Å². The summed E-state index contributed by atoms with van der Waals surface area (Å²) in [6.07, 6.45) is 6.38. The molecular weight excluding hydrogens is 140 g/mol. The van der Waals surface area contributed by atoms with Gasteiger partial charge in [-0.15, -0.1) is 0 Å². The number of aliphatic hydroxyl groups is 1. The lowest BCUT2D eigenvalue weighted by molar-refractivity contribution is 0.430. The van der Waals surface area contributed by atoms with E-state index in [-0.39, 0.29) is 5.76 Å². The molecule has 1 aliphatic carbocycles. The van der Waals surface area contributed by atoms with E-state index in [0.717, 1.165) is 5.57 Å². The van der Waals surface area contributed by atoms with Crippen LogP contribution in [0, 0.1) is 0 Å². The van der Waals surface area contributed by atoms with E-state index < -0.39 is 0 Å². The largest absolute Gasteiger partial charge is 0.507 e. The Labute approximate surface area is 65.2 Å². The first-order valence-electron chi connectivity index (χ1n) is 3.24. The Morgan fingerprint density at radius 1 is 1.55 bits per heavy atom. The predicted molar refractivity (Wildman–Crippen MR) is 45.5 cm³/mol. The second kappa shape index (κ2) is 3.05. The maximum absolute atomic E-state index is 9.23. The molecule has 0 aliphatic heterocycles. The van der Waals surface area contributed by atoms with Gasteiger partial charge >= 0.3 is 0 Å². The molecule has 0 saturated carbocycles. The Kier molecular flexibility index (Phi) is 2.11. The van der Waals surface area contributed by atoms with Crippen LogP contribution in [0.2, 0.25) is 0 Å². The van der Waals surface area contributed by atoms with Crippen LogP contribution >= 0.6 is 0 Å². The molecule has 3 heteroatoms. The summed E-state index contributed by atoms with van der Waals surface area (Å²) >= 11 is 0. The maximum Gasteiger partial charge on any atom is 0.125 e. The fraction of sp³-hybridized carbons (Fsp3) is 0.125. The zero-order valence-electron chi connectivity index (χ0n) is 6.28. The SMILES string of the molecule is CN=CC1=C/C(=C\N)C=C1O. The first-order valence-corrected chi connectivity index (χ1v) is 3.24. The van der Waals surface area contributed by atoms with Crippen molar-refractivity contribution >= 4 is 6.21 Å². The lowest BCUT2D eigenvalue weighted by Crippen LogP contribution is -1.84. The maximum atomic E-state index is 9.23. The third-order valence-electron chi connectivity index (χ3n) is 1.38. The summed E-state index contributed by atoms with van der Waals surface area (Å²) in [6.45, 7) is 0. The van der Waals surface area contributed by atoms with Crippen LogP contribution in [0.4, 0.5) is 0 Å². The summed E-state index contributed by atoms with van der Waals surface area (Å²) in [4.78, 5) is 3.77. The number of aliphatic hydroxyl groups excluding tert-OH is 1. The average Bonchev–Trinajstić information content (AvgIpc) is 2.33. The van der Waals surface area contributed by atoms with Crippen LogP contribution in [-0.4, -0.2) is 18.4 Å². The van der Waals surface area contributed by atoms with Gasteiger partial charge in [0.05, 0.1) is 0 Å². The van der Waals surface area contributed by atoms with E-state index >= 15 is 0 Å². The first kappa shape index (κ1) is 7.60. The average molecular weight is 150 g/mol. The van der Waals surface area contributed by atoms with Crippen molar-refractivity contribution in [3.05, 3.63) is 35.3 Å². The van der Waals surface area contributed by atoms with Gasteiger partial charge < -0.3 is 10.8 Å². The van der Waals surface area contributed by atoms with Gasteiger partial charge in [0.25, 0.3) is 0 Å². The molecule has 0 aromatic carbocycles. The molecule has 0 spiro atoms. The summed E-state index contributed by atoms with van der Waals surface area (Å²) < 4.78 is 0. The zero-order valence-corrected chi connectivity index (χ0v) is 6.28. The van der Waals surface area contributed by atoms with E-state index in [0.29, 0.717) is 5.57 Å². The molecule has 1 rings (SSSR count). The number of aliphatic imine (C=N–C) groups is 1. The molecule has 1 aliphatic rings. The van der Waals surface area contributed by atoms with Crippen molar-refractivity contribution in [2.24, 2.45) is 10.7 Å². The first-order chi connectivity index (χ1) is 5.27. The van der Waals surface area contributed by atoms with Gasteiger partial charge in [0.2, 0.25) is 0 Å². The third kappa shape index (κ3) is 1.49. The standard InChI is InChI=1S/C8H10N2O/c1-10-5-7-2-6(4-9)3-8(7)11/h2-5,11H,9H2,1H3/b6-4+,10-5?. The Balaban J connectivity index is 2.93. The molecule has 0 fully saturated rings. The monoisotopic (exact) mass is 150 g/mol. The summed E-state index contributed by atoms with van der Waals surface area (Å²) in [5.41, 5.74) is 6.75. The predicted octanol–water partition coefficient (Wildman–Crippen LogP) is 0.912. The minimum atomic E-state index is 0.215. The topological polar surface area (TPSA) is 58.6 Å². The molecule has 3 nitrogen and oxygen atoms in total. The van der Waals surface area contributed by atoms with Crippen molar-refractivity contribution < 1.29 is 5.11 Å². The molecule has 0 bridgehead atoms. The summed E-state index contributed by atoms with van der Waals surface area (Å²) in [6, 6.07) is 0. The lowest BCUT2D eigenvalue weighted by atomic mass is 10.3. The van der Waals surface area contributed by atoms with Crippen LogP contribution in [0.25, 0.3) is 0 Å². The van der Waals surface area contributed by atoms with E-state index in [1.165, 1.54) is 6.20 Å². The highest BCUT2D eigenvalue weighted by molar-refractivity contribution is 5.86. The van der Waals surface area contributed by atoms with Gasteiger partial charge in [-0.1, -0.05) is 0 Å². The summed E-state index contributed by atoms with van der Waals surface area (Å²) in [5.74, 6) is 0.215. The van der Waals surface area contributed by atoms with E-state index in [4.69, 9.17) is 5.73 Å². The fourth-order valence-electron chi connectivity index (χ4n) is 0.875. The van der Waals surface area contributed by atoms with Crippen LogP contribution in [0.5, 0.6) is 0 Å². The quantitative estimate of drug-likeness (QED) is 0.546. The zero-order chi connectivity index (χ0) is 8.27. The second-order valence-corrected chi connectivity index (χ2v) is 2.18. The number of hydrogen-bond acceptors (Lipinski definition) is 3. The third-order valence-corrected chi connectivity index (χ3v) is 1.38. The Bertz CT molecular complexity index is 272. The number of nitrogens with two attached hydrogens (primary N) is 1. The van der Waals surface area contributed by atoms with Gasteiger partial charge in [0, 0.05) is 25.0 Å². The van der Waals surface area contributed by atoms with Crippen LogP contribution in [-0.2, 0) is 0 Å². The number of hydrogen-bond donors (Lipinski definition) is 2. The van der Waals surface area contributed by atoms with Crippen LogP contribution in [0.3, 0.4) is 0 Å². The Morgan fingerprint density at radius 2 is 2.27 bits per heavy atom. The minimum Gasteiger partial charge on any atom is -0.507 e. The van der Waals surface area contributed by atoms with Gasteiger partial charge in [-0.05, 0) is 17.7 Å². The van der Waals surface area contributed by atoms with Crippen molar-refractivity contribution in [2.45, 2.75) is 0 Å². The van der Waals surface area contributed by atoms with Gasteiger partial charge in [-0.2, -0.15) is 0 Å². The molecule has 0 aromatic rings. The van der Waals surface area contributed by atoms with E-state index in [1.807, 2.05) is 0 Å². The van der Waals surface area contributed by atoms with Gasteiger partial charge in [-0.25, -0.2) is 0 Å². The highest BCUT2D eigenvalue weighted by Gasteiger charge is 2.08. The Hall–Kier alpha value is -1.51.